The van der Waals surface area contributed by atoms with Crippen molar-refractivity contribution in [1.82, 2.24) is 10.2 Å². The van der Waals surface area contributed by atoms with Crippen LogP contribution >= 0.6 is 0 Å². The number of nitrogens with one attached hydrogen (secondary N) is 1. The van der Waals surface area contributed by atoms with Crippen molar-refractivity contribution in [2.75, 3.05) is 26.2 Å². The van der Waals surface area contributed by atoms with E-state index in [0.717, 1.165) is 51.6 Å². The van der Waals surface area contributed by atoms with Gasteiger partial charge in [0.25, 0.3) is 0 Å². The first-order valence-electron chi connectivity index (χ1n) is 17.1. The Kier molecular flexibility index (Phi) is 6.99. The van der Waals surface area contributed by atoms with Crippen LogP contribution in [0.4, 0.5) is 0 Å². The highest BCUT2D eigenvalue weighted by molar-refractivity contribution is 5.87. The zero-order chi connectivity index (χ0) is 28.8. The molecule has 1 heterocycles. The third-order valence-corrected chi connectivity index (χ3v) is 14.9. The van der Waals surface area contributed by atoms with Gasteiger partial charge in [-0.2, -0.15) is 0 Å². The Morgan fingerprint density at radius 2 is 1.55 bits per heavy atom. The van der Waals surface area contributed by atoms with Crippen molar-refractivity contribution in [3.63, 3.8) is 0 Å². The van der Waals surface area contributed by atoms with Crippen LogP contribution in [0.5, 0.6) is 0 Å². The molecule has 1 saturated heterocycles. The Labute approximate surface area is 245 Å². The summed E-state index contributed by atoms with van der Waals surface area (Å²) in [6.07, 6.45) is 14.9. The molecule has 0 unspecified atom stereocenters. The summed E-state index contributed by atoms with van der Waals surface area (Å²) in [5, 5.41) is 14.5. The van der Waals surface area contributed by atoms with Gasteiger partial charge >= 0.3 is 0 Å². The van der Waals surface area contributed by atoms with Gasteiger partial charge in [0.1, 0.15) is 0 Å². The highest BCUT2D eigenvalue weighted by Crippen LogP contribution is 2.75. The maximum Gasteiger partial charge on any atom is 0.230 e. The number of aliphatic hydroxyl groups is 1. The van der Waals surface area contributed by atoms with Crippen molar-refractivity contribution in [3.05, 3.63) is 11.1 Å². The molecule has 0 bridgehead atoms. The molecule has 0 radical (unpaired) electrons. The van der Waals surface area contributed by atoms with Gasteiger partial charge in [0.15, 0.2) is 0 Å². The fourth-order valence-corrected chi connectivity index (χ4v) is 12.1. The number of hydrogen-bond donors (Lipinski definition) is 2. The van der Waals surface area contributed by atoms with Crippen molar-refractivity contribution in [1.29, 1.82) is 0 Å². The molecule has 1 aliphatic heterocycles. The molecule has 5 aliphatic carbocycles. The molecule has 0 aromatic rings. The summed E-state index contributed by atoms with van der Waals surface area (Å²) in [4.78, 5) is 16.8. The topological polar surface area (TPSA) is 52.6 Å². The van der Waals surface area contributed by atoms with Crippen LogP contribution < -0.4 is 5.32 Å². The molecule has 0 aromatic carbocycles. The van der Waals surface area contributed by atoms with Crippen molar-refractivity contribution in [2.45, 2.75) is 138 Å². The fraction of sp³-hybridized carbons (Fsp3) is 0.917. The Balaban J connectivity index is 1.34. The smallest absolute Gasteiger partial charge is 0.230 e. The Hall–Kier alpha value is -0.870. The number of allylic oxidation sites excluding steroid dienone is 1. The molecule has 5 fully saturated rings. The molecule has 4 nitrogen and oxygen atoms in total. The molecule has 4 heteroatoms. The molecule has 6 rings (SSSR count). The highest BCUT2D eigenvalue weighted by atomic mass is 16.3. The molecule has 40 heavy (non-hydrogen) atoms. The molecule has 2 N–H and O–H groups in total. The molecule has 7 atom stereocenters. The number of nitrogens with zero attached hydrogens (tertiary/aromatic N) is 1. The first-order valence-corrected chi connectivity index (χ1v) is 17.1. The van der Waals surface area contributed by atoms with E-state index in [2.05, 4.69) is 58.7 Å². The number of aliphatic hydroxyl groups excluding tert-OH is 1. The average Bonchev–Trinajstić information content (AvgIpc) is 3.40. The number of amides is 1. The lowest BCUT2D eigenvalue weighted by Crippen LogP contribution is -2.64. The highest BCUT2D eigenvalue weighted by Gasteiger charge is 2.68. The van der Waals surface area contributed by atoms with Gasteiger partial charge in [-0.25, -0.2) is 0 Å². The second kappa shape index (κ2) is 9.57. The lowest BCUT2D eigenvalue weighted by molar-refractivity contribution is -0.204. The number of carbonyl (C=O) groups excluding carboxylic acids is 1. The van der Waals surface area contributed by atoms with E-state index in [1.54, 1.807) is 11.1 Å². The zero-order valence-corrected chi connectivity index (χ0v) is 27.1. The summed E-state index contributed by atoms with van der Waals surface area (Å²) in [6.45, 7) is 21.7. The molecule has 0 spiro atoms. The van der Waals surface area contributed by atoms with E-state index in [9.17, 15) is 9.90 Å². The van der Waals surface area contributed by atoms with Gasteiger partial charge < -0.3 is 15.3 Å². The van der Waals surface area contributed by atoms with Gasteiger partial charge in [0.05, 0.1) is 11.5 Å². The van der Waals surface area contributed by atoms with Crippen LogP contribution in [-0.4, -0.2) is 48.2 Å². The molecule has 226 valence electrons. The van der Waals surface area contributed by atoms with Gasteiger partial charge in [0, 0.05) is 13.1 Å². The second-order valence-corrected chi connectivity index (χ2v) is 17.5. The number of hydrogen-bond acceptors (Lipinski definition) is 3. The van der Waals surface area contributed by atoms with E-state index in [1.165, 1.54) is 58.0 Å². The van der Waals surface area contributed by atoms with Gasteiger partial charge in [-0.3, -0.25) is 4.79 Å². The maximum atomic E-state index is 14.2. The Morgan fingerprint density at radius 1 is 0.850 bits per heavy atom. The van der Waals surface area contributed by atoms with Crippen LogP contribution in [0.3, 0.4) is 0 Å². The number of fused-ring (bicyclic) bond motifs is 6. The van der Waals surface area contributed by atoms with Gasteiger partial charge in [0.2, 0.25) is 5.91 Å². The Morgan fingerprint density at radius 3 is 2.27 bits per heavy atom. The first-order chi connectivity index (χ1) is 18.7. The van der Waals surface area contributed by atoms with Crippen molar-refractivity contribution in [3.8, 4) is 0 Å². The average molecular weight is 553 g/mol. The summed E-state index contributed by atoms with van der Waals surface area (Å²) in [5.74, 6) is 1.63. The summed E-state index contributed by atoms with van der Waals surface area (Å²) >= 11 is 0. The largest absolute Gasteiger partial charge is 0.393 e. The van der Waals surface area contributed by atoms with E-state index in [-0.39, 0.29) is 33.2 Å². The minimum absolute atomic E-state index is 0.00372. The van der Waals surface area contributed by atoms with Crippen LogP contribution in [0.2, 0.25) is 0 Å². The van der Waals surface area contributed by atoms with Crippen LogP contribution in [0.1, 0.15) is 132 Å². The van der Waals surface area contributed by atoms with E-state index in [0.29, 0.717) is 23.2 Å². The van der Waals surface area contributed by atoms with Crippen LogP contribution in [-0.2, 0) is 4.79 Å². The molecule has 1 amide bonds. The van der Waals surface area contributed by atoms with E-state index >= 15 is 0 Å². The summed E-state index contributed by atoms with van der Waals surface area (Å²) in [6, 6.07) is 0. The van der Waals surface area contributed by atoms with E-state index in [4.69, 9.17) is 0 Å². The lowest BCUT2D eigenvalue weighted by atomic mass is 9.34. The van der Waals surface area contributed by atoms with Crippen LogP contribution in [0.15, 0.2) is 11.1 Å². The van der Waals surface area contributed by atoms with Crippen LogP contribution in [0, 0.1) is 44.3 Å². The summed E-state index contributed by atoms with van der Waals surface area (Å²) in [7, 11) is 0. The molecular formula is C36H60N2O2. The first kappa shape index (κ1) is 29.2. The molecular weight excluding hydrogens is 492 g/mol. The predicted octanol–water partition coefficient (Wildman–Crippen LogP) is 7.51. The Bertz CT molecular complexity index is 1060. The minimum atomic E-state index is -0.281. The van der Waals surface area contributed by atoms with Gasteiger partial charge in [-0.15, -0.1) is 0 Å². The third-order valence-electron chi connectivity index (χ3n) is 14.9. The standard InChI is InChI=1S/C36H60N2O2/c1-31(2)16-18-36(30(40)37-20-23-38-21-8-9-22-38)19-17-34(6)25(26(36)24-31)10-11-28-33(5)14-13-29(39)32(3,4)27(33)12-15-35(28,34)7/h27-29,39H,8-24H2,1-7H3,(H,37,40)/t27-,28+,29-,33-,34+,35+,36-/m0/s1. The number of carbonyl (C=O) groups is 1. The summed E-state index contributed by atoms with van der Waals surface area (Å²) in [5.41, 5.74) is 3.99. The van der Waals surface area contributed by atoms with Crippen LogP contribution in [0.25, 0.3) is 0 Å². The third kappa shape index (κ3) is 4.07. The molecule has 6 aliphatic rings. The monoisotopic (exact) mass is 552 g/mol. The van der Waals surface area contributed by atoms with Gasteiger partial charge in [-0.05, 0) is 135 Å². The predicted molar refractivity (Wildman–Crippen MR) is 164 cm³/mol. The molecule has 4 saturated carbocycles. The number of likely N-dealkylation sites (tertiary alicyclic amines) is 1. The SMILES string of the molecule is CC1(C)CC[C@]2(C(=O)NCCN3CCCC3)CC[C@]3(C)C(=C2C1)CC[C@@H]1[C@@]2(C)CC[C@H](O)C(C)(C)[C@@H]2CC[C@]13C. The minimum Gasteiger partial charge on any atom is -0.393 e. The van der Waals surface area contributed by atoms with E-state index < -0.39 is 0 Å². The second-order valence-electron chi connectivity index (χ2n) is 17.5. The van der Waals surface area contributed by atoms with Crippen molar-refractivity contribution in [2.24, 2.45) is 44.3 Å². The van der Waals surface area contributed by atoms with Crippen molar-refractivity contribution < 1.29 is 9.90 Å². The van der Waals surface area contributed by atoms with Gasteiger partial charge in [-0.1, -0.05) is 59.6 Å². The normalized spacial score (nSPS) is 46.1. The quantitative estimate of drug-likeness (QED) is 0.355. The molecule has 0 aromatic heterocycles. The van der Waals surface area contributed by atoms with Crippen molar-refractivity contribution >= 4 is 5.91 Å². The van der Waals surface area contributed by atoms with E-state index in [1.807, 2.05) is 0 Å². The summed E-state index contributed by atoms with van der Waals surface area (Å²) < 4.78 is 0. The lowest BCUT2D eigenvalue weighted by Gasteiger charge is -2.71. The zero-order valence-electron chi connectivity index (χ0n) is 27.1. The fourth-order valence-electron chi connectivity index (χ4n) is 12.1. The maximum absolute atomic E-state index is 14.2. The number of rotatable bonds is 4.